The molecule has 0 aliphatic carbocycles. The van der Waals surface area contributed by atoms with Crippen molar-refractivity contribution in [2.24, 2.45) is 0 Å². The number of nitrogens with one attached hydrogen (secondary N) is 3. The molecule has 1 heterocycles. The average molecular weight is 257 g/mol. The van der Waals surface area contributed by atoms with Gasteiger partial charge in [-0.2, -0.15) is 0 Å². The molecular formula is C12H23N3O3. The summed E-state index contributed by atoms with van der Waals surface area (Å²) in [5.74, 6) is -0.121. The molecule has 0 spiro atoms. The summed E-state index contributed by atoms with van der Waals surface area (Å²) in [5.41, 5.74) is 0. The molecule has 1 aliphatic heterocycles. The van der Waals surface area contributed by atoms with Crippen molar-refractivity contribution in [2.75, 3.05) is 26.2 Å². The van der Waals surface area contributed by atoms with E-state index in [4.69, 9.17) is 4.74 Å². The molecule has 1 saturated heterocycles. The van der Waals surface area contributed by atoms with Crippen LogP contribution in [0.1, 0.15) is 26.7 Å². The first-order valence-electron chi connectivity index (χ1n) is 6.49. The van der Waals surface area contributed by atoms with Gasteiger partial charge in [0.1, 0.15) is 6.04 Å². The molecule has 6 heteroatoms. The van der Waals surface area contributed by atoms with Crippen molar-refractivity contribution in [3.8, 4) is 0 Å². The molecule has 1 fully saturated rings. The Hall–Kier alpha value is -1.14. The molecule has 2 amide bonds. The van der Waals surface area contributed by atoms with Crippen molar-refractivity contribution < 1.29 is 14.3 Å². The molecule has 18 heavy (non-hydrogen) atoms. The van der Waals surface area contributed by atoms with E-state index in [9.17, 15) is 9.59 Å². The molecule has 0 aromatic carbocycles. The number of piperazine rings is 1. The molecule has 1 atom stereocenters. The maximum Gasteiger partial charge on any atom is 0.238 e. The quantitative estimate of drug-likeness (QED) is 0.532. The lowest BCUT2D eigenvalue weighted by Crippen LogP contribution is -2.58. The van der Waals surface area contributed by atoms with Crippen LogP contribution in [-0.2, 0) is 14.3 Å². The maximum absolute atomic E-state index is 11.7. The summed E-state index contributed by atoms with van der Waals surface area (Å²) >= 11 is 0. The van der Waals surface area contributed by atoms with Gasteiger partial charge in [0.2, 0.25) is 11.8 Å². The first kappa shape index (κ1) is 14.9. The summed E-state index contributed by atoms with van der Waals surface area (Å²) in [7, 11) is 0. The van der Waals surface area contributed by atoms with Crippen molar-refractivity contribution in [3.05, 3.63) is 0 Å². The highest BCUT2D eigenvalue weighted by molar-refractivity contribution is 5.86. The van der Waals surface area contributed by atoms with Gasteiger partial charge in [0.05, 0.1) is 12.6 Å². The third-order valence-corrected chi connectivity index (χ3v) is 2.65. The molecule has 1 unspecified atom stereocenters. The van der Waals surface area contributed by atoms with Gasteiger partial charge in [-0.25, -0.2) is 0 Å². The molecule has 1 rings (SSSR count). The summed E-state index contributed by atoms with van der Waals surface area (Å²) in [6.07, 6.45) is 2.10. The Kier molecular flexibility index (Phi) is 6.67. The summed E-state index contributed by atoms with van der Waals surface area (Å²) in [5, 5.41) is 8.39. The fourth-order valence-electron chi connectivity index (χ4n) is 1.63. The first-order chi connectivity index (χ1) is 8.59. The Bertz CT molecular complexity index is 272. The normalized spacial score (nSPS) is 19.7. The van der Waals surface area contributed by atoms with Crippen LogP contribution in [0, 0.1) is 0 Å². The second-order valence-electron chi connectivity index (χ2n) is 4.66. The van der Waals surface area contributed by atoms with Gasteiger partial charge >= 0.3 is 0 Å². The van der Waals surface area contributed by atoms with Crippen molar-refractivity contribution in [2.45, 2.75) is 38.8 Å². The van der Waals surface area contributed by atoms with E-state index in [1.54, 1.807) is 0 Å². The van der Waals surface area contributed by atoms with Gasteiger partial charge in [0.25, 0.3) is 0 Å². The van der Waals surface area contributed by atoms with E-state index in [0.717, 1.165) is 19.4 Å². The zero-order chi connectivity index (χ0) is 13.4. The van der Waals surface area contributed by atoms with E-state index in [2.05, 4.69) is 16.0 Å². The van der Waals surface area contributed by atoms with E-state index in [1.165, 1.54) is 0 Å². The highest BCUT2D eigenvalue weighted by Crippen LogP contribution is 1.94. The fourth-order valence-corrected chi connectivity index (χ4v) is 1.63. The number of hydrogen-bond donors (Lipinski definition) is 3. The second-order valence-corrected chi connectivity index (χ2v) is 4.66. The highest BCUT2D eigenvalue weighted by Gasteiger charge is 2.22. The van der Waals surface area contributed by atoms with E-state index < -0.39 is 0 Å². The lowest BCUT2D eigenvalue weighted by molar-refractivity contribution is -0.126. The number of hydrogen-bond acceptors (Lipinski definition) is 4. The van der Waals surface area contributed by atoms with Crippen LogP contribution in [0.2, 0.25) is 0 Å². The molecule has 0 aromatic rings. The Morgan fingerprint density at radius 1 is 1.50 bits per heavy atom. The van der Waals surface area contributed by atoms with Crippen LogP contribution in [0.3, 0.4) is 0 Å². The van der Waals surface area contributed by atoms with E-state index >= 15 is 0 Å². The van der Waals surface area contributed by atoms with Crippen molar-refractivity contribution in [3.63, 3.8) is 0 Å². The number of carbonyl (C=O) groups is 2. The largest absolute Gasteiger partial charge is 0.379 e. The molecular weight excluding hydrogens is 234 g/mol. The van der Waals surface area contributed by atoms with Gasteiger partial charge in [-0.05, 0) is 26.7 Å². The standard InChI is InChI=1S/C12H23N3O3/c1-9(2)18-6-4-3-5-13-12(17)10-7-15-11(16)8-14-10/h9-10,14H,3-8H2,1-2H3,(H,13,17)(H,15,16). The number of amides is 2. The van der Waals surface area contributed by atoms with Gasteiger partial charge in [0.15, 0.2) is 0 Å². The van der Waals surface area contributed by atoms with Crippen LogP contribution in [-0.4, -0.2) is 50.2 Å². The predicted octanol–water partition coefficient (Wildman–Crippen LogP) is -0.604. The van der Waals surface area contributed by atoms with Crippen molar-refractivity contribution in [1.29, 1.82) is 0 Å². The molecule has 6 nitrogen and oxygen atoms in total. The van der Waals surface area contributed by atoms with Gasteiger partial charge in [-0.3, -0.25) is 14.9 Å². The zero-order valence-electron chi connectivity index (χ0n) is 11.1. The minimum Gasteiger partial charge on any atom is -0.379 e. The average Bonchev–Trinajstić information content (AvgIpc) is 2.34. The van der Waals surface area contributed by atoms with Crippen LogP contribution in [0.4, 0.5) is 0 Å². The molecule has 1 aliphatic rings. The van der Waals surface area contributed by atoms with E-state index in [-0.39, 0.29) is 30.5 Å². The smallest absolute Gasteiger partial charge is 0.238 e. The SMILES string of the molecule is CC(C)OCCCCNC(=O)C1CNC(=O)CN1. The third kappa shape index (κ3) is 5.97. The molecule has 104 valence electrons. The topological polar surface area (TPSA) is 79.5 Å². The zero-order valence-corrected chi connectivity index (χ0v) is 11.1. The Morgan fingerprint density at radius 3 is 2.89 bits per heavy atom. The third-order valence-electron chi connectivity index (χ3n) is 2.65. The van der Waals surface area contributed by atoms with E-state index in [0.29, 0.717) is 13.1 Å². The predicted molar refractivity (Wildman–Crippen MR) is 68.1 cm³/mol. The fraction of sp³-hybridized carbons (Fsp3) is 0.833. The summed E-state index contributed by atoms with van der Waals surface area (Å²) in [6, 6.07) is -0.311. The van der Waals surface area contributed by atoms with Crippen LogP contribution >= 0.6 is 0 Å². The number of carbonyl (C=O) groups excluding carboxylic acids is 2. The summed E-state index contributed by atoms with van der Waals surface area (Å²) < 4.78 is 5.40. The minimum absolute atomic E-state index is 0.0558. The lowest BCUT2D eigenvalue weighted by Gasteiger charge is -2.23. The first-order valence-corrected chi connectivity index (χ1v) is 6.49. The molecule has 0 saturated carbocycles. The number of ether oxygens (including phenoxy) is 1. The molecule has 3 N–H and O–H groups in total. The number of unbranched alkanes of at least 4 members (excludes halogenated alkanes) is 1. The molecule has 0 aromatic heterocycles. The van der Waals surface area contributed by atoms with Crippen LogP contribution in [0.15, 0.2) is 0 Å². The number of rotatable bonds is 7. The van der Waals surface area contributed by atoms with Crippen LogP contribution in [0.5, 0.6) is 0 Å². The summed E-state index contributed by atoms with van der Waals surface area (Å²) in [6.45, 7) is 5.95. The molecule has 0 bridgehead atoms. The van der Waals surface area contributed by atoms with Crippen molar-refractivity contribution >= 4 is 11.8 Å². The maximum atomic E-state index is 11.7. The van der Waals surface area contributed by atoms with Crippen LogP contribution < -0.4 is 16.0 Å². The van der Waals surface area contributed by atoms with E-state index in [1.807, 2.05) is 13.8 Å². The van der Waals surface area contributed by atoms with Crippen LogP contribution in [0.25, 0.3) is 0 Å². The van der Waals surface area contributed by atoms with Gasteiger partial charge in [0, 0.05) is 19.7 Å². The second kappa shape index (κ2) is 8.05. The minimum atomic E-state index is -0.311. The highest BCUT2D eigenvalue weighted by atomic mass is 16.5. The van der Waals surface area contributed by atoms with Gasteiger partial charge in [-0.1, -0.05) is 0 Å². The Labute approximate surface area is 108 Å². The Balaban J connectivity index is 2.01. The van der Waals surface area contributed by atoms with Gasteiger partial charge < -0.3 is 15.4 Å². The lowest BCUT2D eigenvalue weighted by atomic mass is 10.2. The van der Waals surface area contributed by atoms with Crippen molar-refractivity contribution in [1.82, 2.24) is 16.0 Å². The monoisotopic (exact) mass is 257 g/mol. The summed E-state index contributed by atoms with van der Waals surface area (Å²) in [4.78, 5) is 22.6. The van der Waals surface area contributed by atoms with Gasteiger partial charge in [-0.15, -0.1) is 0 Å². The molecule has 0 radical (unpaired) electrons. The Morgan fingerprint density at radius 2 is 2.28 bits per heavy atom.